The van der Waals surface area contributed by atoms with E-state index in [4.69, 9.17) is 0 Å². The number of hydrogen-bond donors (Lipinski definition) is 1. The highest BCUT2D eigenvalue weighted by Gasteiger charge is 2.24. The standard InChI is InChI=1S/C11H19N3O3S/c1-8(2)9(3)13-10(15)7-18(16,17)11-12-5-6-14(11)4/h5-6,8-9H,7H2,1-4H3,(H,13,15)/t9-/m1/s1. The van der Waals surface area contributed by atoms with Gasteiger partial charge >= 0.3 is 0 Å². The molecule has 0 spiro atoms. The lowest BCUT2D eigenvalue weighted by Crippen LogP contribution is -2.39. The number of sulfone groups is 1. The largest absolute Gasteiger partial charge is 0.352 e. The third-order valence-corrected chi connectivity index (χ3v) is 4.36. The molecule has 6 nitrogen and oxygen atoms in total. The van der Waals surface area contributed by atoms with E-state index in [0.29, 0.717) is 0 Å². The van der Waals surface area contributed by atoms with Crippen LogP contribution >= 0.6 is 0 Å². The topological polar surface area (TPSA) is 81.1 Å². The molecule has 0 unspecified atom stereocenters. The van der Waals surface area contributed by atoms with Crippen LogP contribution in [0.25, 0.3) is 0 Å². The van der Waals surface area contributed by atoms with Crippen molar-refractivity contribution in [3.8, 4) is 0 Å². The summed E-state index contributed by atoms with van der Waals surface area (Å²) in [7, 11) is -2.10. The average molecular weight is 273 g/mol. The summed E-state index contributed by atoms with van der Waals surface area (Å²) in [5, 5.41) is 2.57. The summed E-state index contributed by atoms with van der Waals surface area (Å²) in [6, 6.07) is -0.0610. The Bertz CT molecular complexity index is 519. The summed E-state index contributed by atoms with van der Waals surface area (Å²) < 4.78 is 25.2. The Morgan fingerprint density at radius 3 is 2.50 bits per heavy atom. The third kappa shape index (κ3) is 3.56. The van der Waals surface area contributed by atoms with Crippen LogP contribution in [0.4, 0.5) is 0 Å². The van der Waals surface area contributed by atoms with Crippen molar-refractivity contribution in [3.05, 3.63) is 12.4 Å². The number of aromatic nitrogens is 2. The molecule has 0 saturated carbocycles. The van der Waals surface area contributed by atoms with E-state index in [2.05, 4.69) is 10.3 Å². The Kier molecular flexibility index (Phi) is 4.50. The molecule has 0 saturated heterocycles. The quantitative estimate of drug-likeness (QED) is 0.839. The molecule has 0 radical (unpaired) electrons. The molecule has 1 amide bonds. The zero-order valence-corrected chi connectivity index (χ0v) is 11.9. The Morgan fingerprint density at radius 1 is 1.44 bits per heavy atom. The van der Waals surface area contributed by atoms with Crippen molar-refractivity contribution in [1.82, 2.24) is 14.9 Å². The van der Waals surface area contributed by atoms with Gasteiger partial charge in [-0.3, -0.25) is 4.79 Å². The molecule has 1 heterocycles. The van der Waals surface area contributed by atoms with Gasteiger partial charge in [0.25, 0.3) is 0 Å². The fraction of sp³-hybridized carbons (Fsp3) is 0.636. The van der Waals surface area contributed by atoms with Crippen molar-refractivity contribution in [2.24, 2.45) is 13.0 Å². The van der Waals surface area contributed by atoms with Crippen molar-refractivity contribution < 1.29 is 13.2 Å². The second kappa shape index (κ2) is 5.51. The van der Waals surface area contributed by atoms with Crippen LogP contribution in [0.15, 0.2) is 17.6 Å². The highest BCUT2D eigenvalue weighted by Crippen LogP contribution is 2.07. The van der Waals surface area contributed by atoms with Crippen LogP contribution < -0.4 is 5.32 Å². The second-order valence-corrected chi connectivity index (χ2v) is 6.56. The molecule has 0 aliphatic carbocycles. The van der Waals surface area contributed by atoms with Crippen molar-refractivity contribution >= 4 is 15.7 Å². The zero-order chi connectivity index (χ0) is 13.9. The molecular formula is C11H19N3O3S. The first-order chi connectivity index (χ1) is 8.24. The van der Waals surface area contributed by atoms with Gasteiger partial charge in [0.05, 0.1) is 0 Å². The molecule has 0 bridgehead atoms. The van der Waals surface area contributed by atoms with E-state index in [9.17, 15) is 13.2 Å². The van der Waals surface area contributed by atoms with Crippen molar-refractivity contribution in [2.75, 3.05) is 5.75 Å². The molecule has 1 N–H and O–H groups in total. The highest BCUT2D eigenvalue weighted by atomic mass is 32.2. The minimum absolute atomic E-state index is 0.0610. The predicted octanol–water partition coefficient (Wildman–Crippen LogP) is 0.354. The molecule has 102 valence electrons. The normalized spacial score (nSPS) is 13.6. The van der Waals surface area contributed by atoms with E-state index < -0.39 is 21.5 Å². The SMILES string of the molecule is CC(C)[C@@H](C)NC(=O)CS(=O)(=O)c1nccn1C. The molecule has 18 heavy (non-hydrogen) atoms. The Labute approximate surface area is 107 Å². The number of carbonyl (C=O) groups is 1. The van der Waals surface area contributed by atoms with Crippen LogP contribution in [0.2, 0.25) is 0 Å². The second-order valence-electron chi connectivity index (χ2n) is 4.68. The minimum atomic E-state index is -3.68. The maximum absolute atomic E-state index is 11.9. The van der Waals surface area contributed by atoms with Crippen LogP contribution in [-0.4, -0.2) is 35.7 Å². The number of nitrogens with zero attached hydrogens (tertiary/aromatic N) is 2. The van der Waals surface area contributed by atoms with E-state index in [1.807, 2.05) is 20.8 Å². The van der Waals surface area contributed by atoms with Crippen LogP contribution in [0.3, 0.4) is 0 Å². The highest BCUT2D eigenvalue weighted by molar-refractivity contribution is 7.91. The van der Waals surface area contributed by atoms with Gasteiger partial charge in [0.15, 0.2) is 0 Å². The van der Waals surface area contributed by atoms with Gasteiger partial charge < -0.3 is 9.88 Å². The molecular weight excluding hydrogens is 254 g/mol. The van der Waals surface area contributed by atoms with Gasteiger partial charge in [-0.15, -0.1) is 0 Å². The monoisotopic (exact) mass is 273 g/mol. The number of carbonyl (C=O) groups excluding carboxylic acids is 1. The van der Waals surface area contributed by atoms with Crippen molar-refractivity contribution in [3.63, 3.8) is 0 Å². The number of hydrogen-bond acceptors (Lipinski definition) is 4. The van der Waals surface area contributed by atoms with Crippen molar-refractivity contribution in [1.29, 1.82) is 0 Å². The lowest BCUT2D eigenvalue weighted by molar-refractivity contribution is -0.119. The summed E-state index contributed by atoms with van der Waals surface area (Å²) in [4.78, 5) is 15.4. The Balaban J connectivity index is 2.73. The van der Waals surface area contributed by atoms with Gasteiger partial charge in [-0.1, -0.05) is 13.8 Å². The summed E-state index contributed by atoms with van der Waals surface area (Å²) >= 11 is 0. The predicted molar refractivity (Wildman–Crippen MR) is 67.7 cm³/mol. The van der Waals surface area contributed by atoms with Gasteiger partial charge in [0.2, 0.25) is 20.9 Å². The lowest BCUT2D eigenvalue weighted by Gasteiger charge is -2.17. The number of amides is 1. The summed E-state index contributed by atoms with van der Waals surface area (Å²) in [5.74, 6) is -0.821. The zero-order valence-electron chi connectivity index (χ0n) is 11.0. The fourth-order valence-electron chi connectivity index (χ4n) is 1.35. The molecule has 1 aromatic heterocycles. The van der Waals surface area contributed by atoms with Gasteiger partial charge in [0, 0.05) is 25.5 Å². The smallest absolute Gasteiger partial charge is 0.235 e. The molecule has 0 aliphatic rings. The molecule has 0 aromatic carbocycles. The van der Waals surface area contributed by atoms with Crippen LogP contribution in [0.1, 0.15) is 20.8 Å². The van der Waals surface area contributed by atoms with Gasteiger partial charge in [-0.2, -0.15) is 0 Å². The van der Waals surface area contributed by atoms with Gasteiger partial charge in [0.1, 0.15) is 5.75 Å². The molecule has 0 fully saturated rings. The van der Waals surface area contributed by atoms with Crippen LogP contribution in [-0.2, 0) is 21.7 Å². The molecule has 1 aromatic rings. The number of nitrogens with one attached hydrogen (secondary N) is 1. The maximum atomic E-state index is 11.9. The molecule has 0 aliphatic heterocycles. The third-order valence-electron chi connectivity index (χ3n) is 2.76. The van der Waals surface area contributed by atoms with E-state index in [1.54, 1.807) is 7.05 Å². The number of imidazole rings is 1. The number of aryl methyl sites for hydroxylation is 1. The van der Waals surface area contributed by atoms with Gasteiger partial charge in [-0.05, 0) is 12.8 Å². The average Bonchev–Trinajstić information content (AvgIpc) is 2.63. The van der Waals surface area contributed by atoms with E-state index in [0.717, 1.165) is 0 Å². The minimum Gasteiger partial charge on any atom is -0.352 e. The molecule has 7 heteroatoms. The maximum Gasteiger partial charge on any atom is 0.235 e. The first-order valence-electron chi connectivity index (χ1n) is 5.73. The van der Waals surface area contributed by atoms with Gasteiger partial charge in [-0.25, -0.2) is 13.4 Å². The first-order valence-corrected chi connectivity index (χ1v) is 7.38. The Hall–Kier alpha value is -1.37. The fourth-order valence-corrected chi connectivity index (χ4v) is 2.63. The lowest BCUT2D eigenvalue weighted by atomic mass is 10.1. The summed E-state index contributed by atoms with van der Waals surface area (Å²) in [6.45, 7) is 5.76. The van der Waals surface area contributed by atoms with E-state index >= 15 is 0 Å². The van der Waals surface area contributed by atoms with Crippen molar-refractivity contribution in [2.45, 2.75) is 32.0 Å². The Morgan fingerprint density at radius 2 is 2.06 bits per heavy atom. The van der Waals surface area contributed by atoms with E-state index in [1.165, 1.54) is 17.0 Å². The summed E-state index contributed by atoms with van der Waals surface area (Å²) in [6.07, 6.45) is 2.92. The van der Waals surface area contributed by atoms with Crippen LogP contribution in [0.5, 0.6) is 0 Å². The first kappa shape index (κ1) is 14.7. The summed E-state index contributed by atoms with van der Waals surface area (Å²) in [5.41, 5.74) is 0. The molecule has 1 rings (SSSR count). The number of rotatable bonds is 5. The van der Waals surface area contributed by atoms with Crippen LogP contribution in [0, 0.1) is 5.92 Å². The van der Waals surface area contributed by atoms with E-state index in [-0.39, 0.29) is 17.1 Å². The molecule has 1 atom stereocenters.